The van der Waals surface area contributed by atoms with Crippen molar-refractivity contribution in [2.75, 3.05) is 13.2 Å². The van der Waals surface area contributed by atoms with Gasteiger partial charge in [0.15, 0.2) is 0 Å². The van der Waals surface area contributed by atoms with Crippen molar-refractivity contribution < 1.29 is 19.1 Å². The topological polar surface area (TPSA) is 78.4 Å². The van der Waals surface area contributed by atoms with Crippen LogP contribution in [0.15, 0.2) is 109 Å². The highest BCUT2D eigenvalue weighted by molar-refractivity contribution is 6.07. The summed E-state index contributed by atoms with van der Waals surface area (Å²) in [5, 5.41) is 1.40. The molecule has 0 aliphatic rings. The van der Waals surface area contributed by atoms with Gasteiger partial charge < -0.3 is 9.47 Å². The predicted molar refractivity (Wildman–Crippen MR) is 174 cm³/mol. The Morgan fingerprint density at radius 2 is 0.932 bits per heavy atom. The molecule has 44 heavy (non-hydrogen) atoms. The summed E-state index contributed by atoms with van der Waals surface area (Å²) in [7, 11) is 0. The van der Waals surface area contributed by atoms with Crippen LogP contribution >= 0.6 is 0 Å². The highest BCUT2D eigenvalue weighted by Gasteiger charge is 2.19. The van der Waals surface area contributed by atoms with Gasteiger partial charge in [0, 0.05) is 21.9 Å². The Bertz CT molecular complexity index is 1830. The number of ether oxygens (including phenoxy) is 2. The first-order chi connectivity index (χ1) is 21.6. The van der Waals surface area contributed by atoms with Gasteiger partial charge in [-0.1, -0.05) is 86.6 Å². The first-order valence-electron chi connectivity index (χ1n) is 14.9. The summed E-state index contributed by atoms with van der Waals surface area (Å²) < 4.78 is 11.2. The summed E-state index contributed by atoms with van der Waals surface area (Å²) in [5.41, 5.74) is 7.30. The quantitative estimate of drug-likeness (QED) is 0.159. The Morgan fingerprint density at radius 3 is 1.32 bits per heavy atom. The van der Waals surface area contributed by atoms with E-state index in [1.54, 1.807) is 12.1 Å². The molecule has 2 heterocycles. The predicted octanol–water partition coefficient (Wildman–Crippen LogP) is 8.92. The lowest BCUT2D eigenvalue weighted by atomic mass is 9.96. The molecule has 218 valence electrons. The minimum absolute atomic E-state index is 0.336. The molecular formula is C38H32N2O4. The van der Waals surface area contributed by atoms with Crippen LogP contribution in [-0.4, -0.2) is 35.1 Å². The number of esters is 2. The number of nitrogens with zero attached hydrogens (tertiary/aromatic N) is 2. The Morgan fingerprint density at radius 1 is 0.523 bits per heavy atom. The smallest absolute Gasteiger partial charge is 0.338 e. The van der Waals surface area contributed by atoms with Gasteiger partial charge in [-0.2, -0.15) is 0 Å². The van der Waals surface area contributed by atoms with E-state index in [4.69, 9.17) is 19.4 Å². The number of aromatic nitrogens is 2. The van der Waals surface area contributed by atoms with Crippen LogP contribution in [0.2, 0.25) is 0 Å². The third-order valence-corrected chi connectivity index (χ3v) is 7.40. The maximum Gasteiger partial charge on any atom is 0.338 e. The fourth-order valence-electron chi connectivity index (χ4n) is 5.21. The molecule has 6 heteroatoms. The molecule has 0 fully saturated rings. The van der Waals surface area contributed by atoms with E-state index in [1.165, 1.54) is 0 Å². The summed E-state index contributed by atoms with van der Waals surface area (Å²) in [6.45, 7) is 4.61. The number of pyridine rings is 2. The van der Waals surface area contributed by atoms with E-state index >= 15 is 0 Å². The number of hydrogen-bond acceptors (Lipinski definition) is 6. The SMILES string of the molecule is CCCOC(=O)c1cc(-c2ccccc2)nc2ccc(-c3ccc4nc(-c5ccccc5)cc(C(=O)OCCC)c4c3)cc12. The van der Waals surface area contributed by atoms with Gasteiger partial charge in [0.1, 0.15) is 0 Å². The monoisotopic (exact) mass is 580 g/mol. The average Bonchev–Trinajstić information content (AvgIpc) is 3.08. The molecule has 0 saturated heterocycles. The van der Waals surface area contributed by atoms with Crippen LogP contribution < -0.4 is 0 Å². The van der Waals surface area contributed by atoms with E-state index in [9.17, 15) is 9.59 Å². The third kappa shape index (κ3) is 5.92. The Hall–Kier alpha value is -5.36. The molecule has 0 unspecified atom stereocenters. The standard InChI is InChI=1S/C38H32N2O4/c1-3-19-43-37(41)31-23-35(25-11-7-5-8-12-25)39-33-17-15-27(21-29(31)33)28-16-18-34-30(22-28)32(38(42)44-20-4-2)24-36(40-34)26-13-9-6-10-14-26/h5-18,21-24H,3-4,19-20H2,1-2H3. The van der Waals surface area contributed by atoms with Gasteiger partial charge in [-0.3, -0.25) is 0 Å². The lowest BCUT2D eigenvalue weighted by Crippen LogP contribution is -2.08. The second-order valence-corrected chi connectivity index (χ2v) is 10.6. The maximum absolute atomic E-state index is 13.3. The van der Waals surface area contributed by atoms with Crippen LogP contribution in [0.3, 0.4) is 0 Å². The summed E-state index contributed by atoms with van der Waals surface area (Å²) in [4.78, 5) is 36.3. The van der Waals surface area contributed by atoms with E-state index in [1.807, 2.05) is 111 Å². The number of carbonyl (C=O) groups excluding carboxylic acids is 2. The van der Waals surface area contributed by atoms with Gasteiger partial charge in [0.05, 0.1) is 46.8 Å². The van der Waals surface area contributed by atoms with Crippen molar-refractivity contribution in [3.63, 3.8) is 0 Å². The summed E-state index contributed by atoms with van der Waals surface area (Å²) >= 11 is 0. The number of fused-ring (bicyclic) bond motifs is 2. The highest BCUT2D eigenvalue weighted by atomic mass is 16.5. The molecule has 0 aliphatic heterocycles. The molecule has 0 radical (unpaired) electrons. The molecule has 0 N–H and O–H groups in total. The van der Waals surface area contributed by atoms with Gasteiger partial charge in [0.2, 0.25) is 0 Å². The molecule has 0 amide bonds. The van der Waals surface area contributed by atoms with Crippen molar-refractivity contribution in [3.8, 4) is 33.6 Å². The van der Waals surface area contributed by atoms with Crippen molar-refractivity contribution >= 4 is 33.7 Å². The van der Waals surface area contributed by atoms with E-state index in [2.05, 4.69) is 0 Å². The van der Waals surface area contributed by atoms with Crippen molar-refractivity contribution in [3.05, 3.63) is 120 Å². The highest BCUT2D eigenvalue weighted by Crippen LogP contribution is 2.33. The number of carbonyl (C=O) groups is 2. The molecule has 0 spiro atoms. The number of hydrogen-bond donors (Lipinski definition) is 0. The third-order valence-electron chi connectivity index (χ3n) is 7.40. The molecule has 4 aromatic carbocycles. The zero-order chi connectivity index (χ0) is 30.5. The largest absolute Gasteiger partial charge is 0.462 e. The molecule has 2 aromatic heterocycles. The van der Waals surface area contributed by atoms with Crippen LogP contribution in [0.5, 0.6) is 0 Å². The van der Waals surface area contributed by atoms with Gasteiger partial charge in [-0.25, -0.2) is 19.6 Å². The first kappa shape index (κ1) is 28.7. The van der Waals surface area contributed by atoms with E-state index in [-0.39, 0.29) is 11.9 Å². The van der Waals surface area contributed by atoms with Gasteiger partial charge >= 0.3 is 11.9 Å². The van der Waals surface area contributed by atoms with Crippen LogP contribution in [0.4, 0.5) is 0 Å². The molecular weight excluding hydrogens is 548 g/mol. The van der Waals surface area contributed by atoms with E-state index in [0.29, 0.717) is 57.5 Å². The zero-order valence-electron chi connectivity index (χ0n) is 24.7. The summed E-state index contributed by atoms with van der Waals surface area (Å²) in [6, 6.07) is 34.9. The molecule has 0 atom stereocenters. The van der Waals surface area contributed by atoms with Crippen molar-refractivity contribution in [1.29, 1.82) is 0 Å². The molecule has 0 aliphatic carbocycles. The second kappa shape index (κ2) is 12.9. The summed E-state index contributed by atoms with van der Waals surface area (Å²) in [5.74, 6) is -0.767. The van der Waals surface area contributed by atoms with Gasteiger partial charge in [0.25, 0.3) is 0 Å². The molecule has 6 nitrogen and oxygen atoms in total. The second-order valence-electron chi connectivity index (χ2n) is 10.6. The molecule has 6 rings (SSSR count). The normalized spacial score (nSPS) is 11.0. The lowest BCUT2D eigenvalue weighted by Gasteiger charge is -2.13. The fraction of sp³-hybridized carbons (Fsp3) is 0.158. The van der Waals surface area contributed by atoms with Crippen LogP contribution in [-0.2, 0) is 9.47 Å². The van der Waals surface area contributed by atoms with Gasteiger partial charge in [-0.15, -0.1) is 0 Å². The Kier molecular flexibility index (Phi) is 8.41. The molecule has 0 bridgehead atoms. The van der Waals surface area contributed by atoms with Crippen molar-refractivity contribution in [1.82, 2.24) is 9.97 Å². The minimum Gasteiger partial charge on any atom is -0.462 e. The molecule has 6 aromatic rings. The van der Waals surface area contributed by atoms with Crippen LogP contribution in [0.25, 0.3) is 55.4 Å². The molecule has 0 saturated carbocycles. The fourth-order valence-corrected chi connectivity index (χ4v) is 5.21. The van der Waals surface area contributed by atoms with Crippen LogP contribution in [0, 0.1) is 0 Å². The Balaban J connectivity index is 1.49. The first-order valence-corrected chi connectivity index (χ1v) is 14.9. The minimum atomic E-state index is -0.384. The van der Waals surface area contributed by atoms with Crippen molar-refractivity contribution in [2.24, 2.45) is 0 Å². The number of benzene rings is 4. The average molecular weight is 581 g/mol. The lowest BCUT2D eigenvalue weighted by molar-refractivity contribution is 0.0498. The van der Waals surface area contributed by atoms with Crippen LogP contribution in [0.1, 0.15) is 47.4 Å². The Labute approximate surface area is 256 Å². The zero-order valence-corrected chi connectivity index (χ0v) is 24.7. The van der Waals surface area contributed by atoms with Gasteiger partial charge in [-0.05, 0) is 60.4 Å². The van der Waals surface area contributed by atoms with E-state index < -0.39 is 0 Å². The number of rotatable bonds is 9. The van der Waals surface area contributed by atoms with E-state index in [0.717, 1.165) is 35.1 Å². The van der Waals surface area contributed by atoms with Crippen molar-refractivity contribution in [2.45, 2.75) is 26.7 Å². The summed E-state index contributed by atoms with van der Waals surface area (Å²) in [6.07, 6.45) is 1.46. The maximum atomic E-state index is 13.3.